The van der Waals surface area contributed by atoms with Crippen molar-refractivity contribution in [2.24, 2.45) is 5.41 Å². The van der Waals surface area contributed by atoms with Crippen LogP contribution in [-0.4, -0.2) is 38.8 Å². The summed E-state index contributed by atoms with van der Waals surface area (Å²) in [5.41, 5.74) is 0.00843. The van der Waals surface area contributed by atoms with Crippen LogP contribution in [0.4, 0.5) is 0 Å². The van der Waals surface area contributed by atoms with Gasteiger partial charge in [-0.2, -0.15) is 0 Å². The van der Waals surface area contributed by atoms with Crippen LogP contribution in [0.1, 0.15) is 33.6 Å². The molecule has 0 unspecified atom stereocenters. The molecule has 2 atom stereocenters. The van der Waals surface area contributed by atoms with E-state index in [1.807, 2.05) is 6.07 Å². The first kappa shape index (κ1) is 16.7. The number of aryl methyl sites for hydroxylation is 1. The molecule has 1 aliphatic carbocycles. The van der Waals surface area contributed by atoms with Crippen LogP contribution in [0.3, 0.4) is 0 Å². The van der Waals surface area contributed by atoms with Crippen molar-refractivity contribution in [3.8, 4) is 0 Å². The van der Waals surface area contributed by atoms with E-state index in [1.54, 1.807) is 25.4 Å². The Bertz CT molecular complexity index is 823. The Morgan fingerprint density at radius 1 is 1.42 bits per heavy atom. The number of methoxy groups -OCH3 is 1. The third-order valence-electron chi connectivity index (χ3n) is 5.65. The molecule has 0 aliphatic heterocycles. The molecular weight excluding hydrogens is 308 g/mol. The van der Waals surface area contributed by atoms with E-state index < -0.39 is 0 Å². The van der Waals surface area contributed by atoms with Gasteiger partial charge in [-0.15, -0.1) is 5.10 Å². The minimum atomic E-state index is -0.227. The predicted octanol–water partition coefficient (Wildman–Crippen LogP) is 1.21. The maximum absolute atomic E-state index is 12.2. The molecule has 0 aromatic carbocycles. The summed E-state index contributed by atoms with van der Waals surface area (Å²) in [7, 11) is 1.70. The lowest BCUT2D eigenvalue weighted by atomic mass is 9.56. The summed E-state index contributed by atoms with van der Waals surface area (Å²) in [6, 6.07) is 5.44. The van der Waals surface area contributed by atoms with Gasteiger partial charge in [-0.25, -0.2) is 9.48 Å². The zero-order chi connectivity index (χ0) is 17.5. The number of rotatable bonds is 5. The molecule has 0 spiro atoms. The molecule has 1 aliphatic rings. The molecule has 1 fully saturated rings. The Morgan fingerprint density at radius 3 is 2.79 bits per heavy atom. The minimum absolute atomic E-state index is 0.0739. The molecule has 3 rings (SSSR count). The van der Waals surface area contributed by atoms with Gasteiger partial charge >= 0.3 is 5.69 Å². The molecule has 1 amide bonds. The molecule has 0 bridgehead atoms. The number of hydrogen-bond donors (Lipinski definition) is 1. The smallest absolute Gasteiger partial charge is 0.350 e. The van der Waals surface area contributed by atoms with Crippen LogP contribution in [0.5, 0.6) is 0 Å². The standard InChI is InChI=1S/C17H24N4O3/c1-16(2)12(11-17(16,3)24-4)18-14(22)8-10-21-15(23)20-9-6-5-7-13(20)19-21/h5-7,9,12H,8,10-11H2,1-4H3,(H,18,22)/t12-,17+/m1/s1. The highest BCUT2D eigenvalue weighted by Gasteiger charge is 2.58. The van der Waals surface area contributed by atoms with Gasteiger partial charge in [0.15, 0.2) is 5.65 Å². The molecule has 7 nitrogen and oxygen atoms in total. The zero-order valence-corrected chi connectivity index (χ0v) is 14.6. The lowest BCUT2D eigenvalue weighted by Gasteiger charge is -2.59. The van der Waals surface area contributed by atoms with Crippen LogP contribution in [0.15, 0.2) is 29.2 Å². The highest BCUT2D eigenvalue weighted by molar-refractivity contribution is 5.76. The topological polar surface area (TPSA) is 77.6 Å². The number of carbonyl (C=O) groups excluding carboxylic acids is 1. The molecule has 2 aromatic rings. The minimum Gasteiger partial charge on any atom is -0.378 e. The largest absolute Gasteiger partial charge is 0.378 e. The van der Waals surface area contributed by atoms with Crippen molar-refractivity contribution in [3.63, 3.8) is 0 Å². The normalized spacial score (nSPS) is 25.4. The summed E-state index contributed by atoms with van der Waals surface area (Å²) in [6.07, 6.45) is 2.68. The molecule has 1 saturated carbocycles. The van der Waals surface area contributed by atoms with Gasteiger partial charge in [-0.3, -0.25) is 9.20 Å². The number of hydrogen-bond acceptors (Lipinski definition) is 4. The summed E-state index contributed by atoms with van der Waals surface area (Å²) in [5, 5.41) is 7.28. The van der Waals surface area contributed by atoms with Crippen molar-refractivity contribution in [1.29, 1.82) is 0 Å². The second-order valence-corrected chi connectivity index (χ2v) is 7.17. The number of carbonyl (C=O) groups is 1. The maximum Gasteiger partial charge on any atom is 0.350 e. The predicted molar refractivity (Wildman–Crippen MR) is 89.8 cm³/mol. The third kappa shape index (κ3) is 2.53. The molecular formula is C17H24N4O3. The number of nitrogens with zero attached hydrogens (tertiary/aromatic N) is 3. The molecule has 2 aromatic heterocycles. The second-order valence-electron chi connectivity index (χ2n) is 7.17. The van der Waals surface area contributed by atoms with E-state index in [9.17, 15) is 9.59 Å². The summed E-state index contributed by atoms with van der Waals surface area (Å²) < 4.78 is 8.37. The van der Waals surface area contributed by atoms with E-state index in [2.05, 4.69) is 31.2 Å². The first-order chi connectivity index (χ1) is 11.3. The molecule has 130 valence electrons. The third-order valence-corrected chi connectivity index (χ3v) is 5.65. The monoisotopic (exact) mass is 332 g/mol. The van der Waals surface area contributed by atoms with E-state index >= 15 is 0 Å². The second kappa shape index (κ2) is 5.73. The van der Waals surface area contributed by atoms with Crippen LogP contribution >= 0.6 is 0 Å². The van der Waals surface area contributed by atoms with Crippen molar-refractivity contribution in [1.82, 2.24) is 19.5 Å². The summed E-state index contributed by atoms with van der Waals surface area (Å²) in [4.78, 5) is 24.4. The van der Waals surface area contributed by atoms with Crippen molar-refractivity contribution in [3.05, 3.63) is 34.9 Å². The van der Waals surface area contributed by atoms with Gasteiger partial charge in [0.05, 0.1) is 12.1 Å². The van der Waals surface area contributed by atoms with Gasteiger partial charge in [0.25, 0.3) is 0 Å². The number of pyridine rings is 1. The Balaban J connectivity index is 1.60. The van der Waals surface area contributed by atoms with Gasteiger partial charge < -0.3 is 10.1 Å². The molecule has 7 heteroatoms. The summed E-state index contributed by atoms with van der Waals surface area (Å²) in [6.45, 7) is 6.52. The average molecular weight is 332 g/mol. The number of amides is 1. The fraction of sp³-hybridized carbons (Fsp3) is 0.588. The van der Waals surface area contributed by atoms with Gasteiger partial charge in [0.2, 0.25) is 5.91 Å². The summed E-state index contributed by atoms with van der Waals surface area (Å²) in [5.74, 6) is -0.0739. The highest BCUT2D eigenvalue weighted by atomic mass is 16.5. The average Bonchev–Trinajstić information content (AvgIpc) is 2.89. The first-order valence-corrected chi connectivity index (χ1v) is 8.17. The number of aromatic nitrogens is 3. The van der Waals surface area contributed by atoms with E-state index in [1.165, 1.54) is 9.08 Å². The number of nitrogens with one attached hydrogen (secondary N) is 1. The molecule has 24 heavy (non-hydrogen) atoms. The maximum atomic E-state index is 12.2. The van der Waals surface area contributed by atoms with E-state index in [0.29, 0.717) is 5.65 Å². The van der Waals surface area contributed by atoms with Crippen molar-refractivity contribution in [2.75, 3.05) is 7.11 Å². The highest BCUT2D eigenvalue weighted by Crippen LogP contribution is 2.51. The quantitative estimate of drug-likeness (QED) is 0.893. The van der Waals surface area contributed by atoms with E-state index in [4.69, 9.17) is 4.74 Å². The lowest BCUT2D eigenvalue weighted by molar-refractivity contribution is -0.182. The van der Waals surface area contributed by atoms with Gasteiger partial charge in [0, 0.05) is 31.2 Å². The molecule has 2 heterocycles. The number of fused-ring (bicyclic) bond motifs is 1. The van der Waals surface area contributed by atoms with Crippen LogP contribution < -0.4 is 11.0 Å². The molecule has 0 saturated heterocycles. The first-order valence-electron chi connectivity index (χ1n) is 8.17. The van der Waals surface area contributed by atoms with Gasteiger partial charge in [-0.05, 0) is 25.5 Å². The molecule has 0 radical (unpaired) electrons. The van der Waals surface area contributed by atoms with Crippen molar-refractivity contribution in [2.45, 2.75) is 51.8 Å². The Labute approximate surface area is 140 Å². The Hall–Kier alpha value is -2.15. The van der Waals surface area contributed by atoms with Gasteiger partial charge in [0.1, 0.15) is 0 Å². The van der Waals surface area contributed by atoms with Crippen LogP contribution in [0.2, 0.25) is 0 Å². The van der Waals surface area contributed by atoms with Crippen LogP contribution in [0.25, 0.3) is 5.65 Å². The SMILES string of the molecule is CO[C@@]1(C)C[C@@H](NC(=O)CCn2nc3ccccn3c2=O)C1(C)C. The summed E-state index contributed by atoms with van der Waals surface area (Å²) >= 11 is 0. The fourth-order valence-electron chi connectivity index (χ4n) is 3.31. The van der Waals surface area contributed by atoms with Gasteiger partial charge in [-0.1, -0.05) is 19.9 Å². The van der Waals surface area contributed by atoms with Crippen molar-refractivity contribution < 1.29 is 9.53 Å². The Kier molecular flexibility index (Phi) is 3.99. The van der Waals surface area contributed by atoms with Crippen LogP contribution in [-0.2, 0) is 16.1 Å². The molecule has 1 N–H and O–H groups in total. The van der Waals surface area contributed by atoms with E-state index in [0.717, 1.165) is 6.42 Å². The van der Waals surface area contributed by atoms with Crippen molar-refractivity contribution >= 4 is 11.6 Å². The Morgan fingerprint density at radius 2 is 2.17 bits per heavy atom. The fourth-order valence-corrected chi connectivity index (χ4v) is 3.31. The number of ether oxygens (including phenoxy) is 1. The zero-order valence-electron chi connectivity index (χ0n) is 14.6. The lowest BCUT2D eigenvalue weighted by Crippen LogP contribution is -2.68. The van der Waals surface area contributed by atoms with Crippen LogP contribution in [0, 0.1) is 5.41 Å². The van der Waals surface area contributed by atoms with E-state index in [-0.39, 0.29) is 41.6 Å².